The summed E-state index contributed by atoms with van der Waals surface area (Å²) < 4.78 is 0. The molecule has 14 heavy (non-hydrogen) atoms. The first kappa shape index (κ1) is 10.9. The summed E-state index contributed by atoms with van der Waals surface area (Å²) in [5, 5.41) is 8.51. The molecule has 1 rings (SSSR count). The van der Waals surface area contributed by atoms with Crippen molar-refractivity contribution >= 4 is 23.8 Å². The highest BCUT2D eigenvalue weighted by atomic mass is 32.2. The van der Waals surface area contributed by atoms with Crippen molar-refractivity contribution in [3.05, 3.63) is 35.4 Å². The minimum Gasteiger partial charge on any atom is -0.478 e. The predicted octanol–water partition coefficient (Wildman–Crippen LogP) is 2.81. The summed E-state index contributed by atoms with van der Waals surface area (Å²) in [6.45, 7) is 1.99. The summed E-state index contributed by atoms with van der Waals surface area (Å²) >= 11 is 1.61. The number of aryl methyl sites for hydroxylation is 1. The van der Waals surface area contributed by atoms with Crippen LogP contribution in [0.3, 0.4) is 0 Å². The van der Waals surface area contributed by atoms with E-state index in [2.05, 4.69) is 0 Å². The van der Waals surface area contributed by atoms with Crippen LogP contribution in [0.1, 0.15) is 11.1 Å². The number of hydrogen-bond donors (Lipinski definition) is 1. The van der Waals surface area contributed by atoms with Gasteiger partial charge in [-0.1, -0.05) is 17.7 Å². The topological polar surface area (TPSA) is 37.3 Å². The second-order valence-corrected chi connectivity index (χ2v) is 3.77. The molecule has 74 valence electrons. The molecule has 0 aliphatic carbocycles. The Morgan fingerprint density at radius 2 is 2.21 bits per heavy atom. The molecule has 0 saturated carbocycles. The molecular formula is C11H12O2S. The van der Waals surface area contributed by atoms with Gasteiger partial charge in [-0.15, -0.1) is 11.8 Å². The van der Waals surface area contributed by atoms with Gasteiger partial charge in [-0.25, -0.2) is 4.79 Å². The molecule has 0 fully saturated rings. The van der Waals surface area contributed by atoms with Crippen LogP contribution in [0.4, 0.5) is 0 Å². The Kier molecular flexibility index (Phi) is 3.77. The summed E-state index contributed by atoms with van der Waals surface area (Å²) in [5.41, 5.74) is 2.09. The van der Waals surface area contributed by atoms with Crippen molar-refractivity contribution in [2.45, 2.75) is 11.8 Å². The Morgan fingerprint density at radius 3 is 2.79 bits per heavy atom. The first-order chi connectivity index (χ1) is 6.63. The highest BCUT2D eigenvalue weighted by Gasteiger charge is 1.98. The number of rotatable bonds is 3. The number of carbonyl (C=O) groups is 1. The van der Waals surface area contributed by atoms with Crippen molar-refractivity contribution in [1.29, 1.82) is 0 Å². The lowest BCUT2D eigenvalue weighted by molar-refractivity contribution is -0.131. The van der Waals surface area contributed by atoms with Crippen LogP contribution in [0.25, 0.3) is 6.08 Å². The third kappa shape index (κ3) is 2.92. The van der Waals surface area contributed by atoms with Gasteiger partial charge in [-0.05, 0) is 30.9 Å². The third-order valence-corrected chi connectivity index (χ3v) is 2.60. The van der Waals surface area contributed by atoms with E-state index in [9.17, 15) is 4.79 Å². The molecule has 1 N–H and O–H groups in total. The van der Waals surface area contributed by atoms with Gasteiger partial charge in [0, 0.05) is 11.0 Å². The largest absolute Gasteiger partial charge is 0.478 e. The summed E-state index contributed by atoms with van der Waals surface area (Å²) in [7, 11) is 0. The zero-order chi connectivity index (χ0) is 10.6. The Bertz CT molecular complexity index is 370. The zero-order valence-electron chi connectivity index (χ0n) is 8.15. The minimum absolute atomic E-state index is 0.918. The molecule has 0 atom stereocenters. The Labute approximate surface area is 87.6 Å². The van der Waals surface area contributed by atoms with Crippen LogP contribution in [-0.2, 0) is 4.79 Å². The van der Waals surface area contributed by atoms with Gasteiger partial charge in [-0.2, -0.15) is 0 Å². The van der Waals surface area contributed by atoms with Crippen molar-refractivity contribution in [2.24, 2.45) is 0 Å². The summed E-state index contributed by atoms with van der Waals surface area (Å²) in [6, 6.07) is 6.00. The minimum atomic E-state index is -0.918. The fourth-order valence-electron chi connectivity index (χ4n) is 1.15. The Hall–Kier alpha value is -1.22. The standard InChI is InChI=1S/C11H12O2S/c1-8-3-5-10(14-2)9(7-8)4-6-11(12)13/h3-7H,1-2H3,(H,12,13). The van der Waals surface area contributed by atoms with E-state index < -0.39 is 5.97 Å². The van der Waals surface area contributed by atoms with Gasteiger partial charge < -0.3 is 5.11 Å². The van der Waals surface area contributed by atoms with Gasteiger partial charge in [-0.3, -0.25) is 0 Å². The number of benzene rings is 1. The van der Waals surface area contributed by atoms with Crippen LogP contribution in [0, 0.1) is 6.92 Å². The van der Waals surface area contributed by atoms with Gasteiger partial charge in [0.2, 0.25) is 0 Å². The first-order valence-corrected chi connectivity index (χ1v) is 5.41. The average Bonchev–Trinajstić information content (AvgIpc) is 2.15. The lowest BCUT2D eigenvalue weighted by Crippen LogP contribution is -1.87. The van der Waals surface area contributed by atoms with Crippen LogP contribution in [0.2, 0.25) is 0 Å². The smallest absolute Gasteiger partial charge is 0.328 e. The van der Waals surface area contributed by atoms with Crippen LogP contribution in [0.15, 0.2) is 29.2 Å². The fourth-order valence-corrected chi connectivity index (χ4v) is 1.71. The van der Waals surface area contributed by atoms with E-state index in [0.29, 0.717) is 0 Å². The van der Waals surface area contributed by atoms with Crippen LogP contribution in [-0.4, -0.2) is 17.3 Å². The Balaban J connectivity index is 3.04. The van der Waals surface area contributed by atoms with E-state index in [-0.39, 0.29) is 0 Å². The van der Waals surface area contributed by atoms with Gasteiger partial charge in [0.25, 0.3) is 0 Å². The number of carboxylic acids is 1. The molecule has 0 aromatic heterocycles. The predicted molar refractivity (Wildman–Crippen MR) is 59.6 cm³/mol. The van der Waals surface area contributed by atoms with E-state index >= 15 is 0 Å². The number of hydrogen-bond acceptors (Lipinski definition) is 2. The fraction of sp³-hybridized carbons (Fsp3) is 0.182. The first-order valence-electron chi connectivity index (χ1n) is 4.19. The van der Waals surface area contributed by atoms with Crippen molar-refractivity contribution < 1.29 is 9.90 Å². The molecule has 0 spiro atoms. The lowest BCUT2D eigenvalue weighted by Gasteiger charge is -2.03. The normalized spacial score (nSPS) is 10.7. The highest BCUT2D eigenvalue weighted by Crippen LogP contribution is 2.22. The van der Waals surface area contributed by atoms with Gasteiger partial charge >= 0.3 is 5.97 Å². The Morgan fingerprint density at radius 1 is 1.50 bits per heavy atom. The molecule has 0 bridgehead atoms. The van der Waals surface area contributed by atoms with E-state index in [4.69, 9.17) is 5.11 Å². The third-order valence-electron chi connectivity index (χ3n) is 1.79. The van der Waals surface area contributed by atoms with Gasteiger partial charge in [0.1, 0.15) is 0 Å². The molecule has 0 radical (unpaired) electrons. The summed E-state index contributed by atoms with van der Waals surface area (Å²) in [4.78, 5) is 11.5. The number of carboxylic acid groups (broad SMARTS) is 1. The maximum Gasteiger partial charge on any atom is 0.328 e. The van der Waals surface area contributed by atoms with E-state index in [1.807, 2.05) is 31.4 Å². The second kappa shape index (κ2) is 4.86. The van der Waals surface area contributed by atoms with Crippen LogP contribution < -0.4 is 0 Å². The van der Waals surface area contributed by atoms with Crippen molar-refractivity contribution in [3.8, 4) is 0 Å². The van der Waals surface area contributed by atoms with Crippen LogP contribution >= 0.6 is 11.8 Å². The average molecular weight is 208 g/mol. The van der Waals surface area contributed by atoms with E-state index in [1.165, 1.54) is 0 Å². The quantitative estimate of drug-likeness (QED) is 0.613. The molecule has 0 amide bonds. The molecule has 0 aliphatic rings. The number of thioether (sulfide) groups is 1. The molecule has 0 saturated heterocycles. The molecular weight excluding hydrogens is 196 g/mol. The van der Waals surface area contributed by atoms with Crippen molar-refractivity contribution in [2.75, 3.05) is 6.26 Å². The number of aliphatic carboxylic acids is 1. The zero-order valence-corrected chi connectivity index (χ0v) is 8.97. The van der Waals surface area contributed by atoms with Crippen LogP contribution in [0.5, 0.6) is 0 Å². The van der Waals surface area contributed by atoms with Gasteiger partial charge in [0.15, 0.2) is 0 Å². The molecule has 1 aromatic carbocycles. The van der Waals surface area contributed by atoms with E-state index in [0.717, 1.165) is 22.1 Å². The molecule has 2 nitrogen and oxygen atoms in total. The monoisotopic (exact) mass is 208 g/mol. The molecule has 0 unspecified atom stereocenters. The van der Waals surface area contributed by atoms with E-state index in [1.54, 1.807) is 17.8 Å². The van der Waals surface area contributed by atoms with Crippen molar-refractivity contribution in [1.82, 2.24) is 0 Å². The van der Waals surface area contributed by atoms with Crippen molar-refractivity contribution in [3.63, 3.8) is 0 Å². The second-order valence-electron chi connectivity index (χ2n) is 2.92. The maximum absolute atomic E-state index is 10.4. The SMILES string of the molecule is CSc1ccc(C)cc1C=CC(=O)O. The lowest BCUT2D eigenvalue weighted by atomic mass is 10.1. The molecule has 3 heteroatoms. The molecule has 1 aromatic rings. The summed E-state index contributed by atoms with van der Waals surface area (Å²) in [5.74, 6) is -0.918. The summed E-state index contributed by atoms with van der Waals surface area (Å²) in [6.07, 6.45) is 4.76. The maximum atomic E-state index is 10.4. The molecule has 0 heterocycles. The van der Waals surface area contributed by atoms with Gasteiger partial charge in [0.05, 0.1) is 0 Å². The highest BCUT2D eigenvalue weighted by molar-refractivity contribution is 7.98. The molecule has 0 aliphatic heterocycles.